The quantitative estimate of drug-likeness (QED) is 0.347. The molecule has 0 aromatic heterocycles. The Morgan fingerprint density at radius 2 is 1.76 bits per heavy atom. The Kier molecular flexibility index (Phi) is 9.49. The van der Waals surface area contributed by atoms with Crippen molar-refractivity contribution in [3.05, 3.63) is 65.2 Å². The molecule has 0 unspecified atom stereocenters. The monoisotopic (exact) mass is 393 g/mol. The van der Waals surface area contributed by atoms with Crippen molar-refractivity contribution < 1.29 is 19.5 Å². The minimum atomic E-state index is -1.02. The lowest BCUT2D eigenvalue weighted by molar-refractivity contribution is -0.130. The Hall–Kier alpha value is -3.78. The van der Waals surface area contributed by atoms with E-state index in [-0.39, 0.29) is 14.0 Å². The van der Waals surface area contributed by atoms with Crippen LogP contribution in [0.2, 0.25) is 0 Å². The molecule has 5 N–H and O–H groups in total. The zero-order valence-corrected chi connectivity index (χ0v) is 15.2. The molecule has 0 saturated carbocycles. The van der Waals surface area contributed by atoms with Gasteiger partial charge >= 0.3 is 0 Å². The number of nitrogens with two attached hydrogens (primary N) is 1. The van der Waals surface area contributed by atoms with Crippen LogP contribution in [-0.2, 0) is 4.79 Å². The fourth-order valence-corrected chi connectivity index (χ4v) is 2.16. The van der Waals surface area contributed by atoms with E-state index in [0.29, 0.717) is 11.1 Å². The number of rotatable bonds is 5. The second kappa shape index (κ2) is 11.8. The first-order valence-corrected chi connectivity index (χ1v) is 8.28. The first-order valence-electron chi connectivity index (χ1n) is 8.28. The molecule has 0 heterocycles. The van der Waals surface area contributed by atoms with Crippen LogP contribution >= 0.6 is 0 Å². The van der Waals surface area contributed by atoms with E-state index in [1.165, 1.54) is 5.48 Å². The summed E-state index contributed by atoms with van der Waals surface area (Å²) in [6, 6.07) is 12.8. The van der Waals surface area contributed by atoms with Crippen LogP contribution in [-0.4, -0.2) is 36.7 Å². The zero-order valence-electron chi connectivity index (χ0n) is 15.2. The summed E-state index contributed by atoms with van der Waals surface area (Å²) in [4.78, 5) is 23.5. The second-order valence-corrected chi connectivity index (χ2v) is 5.55. The molecule has 2 amide bonds. The van der Waals surface area contributed by atoms with Crippen LogP contribution in [0.25, 0.3) is 0 Å². The number of methoxy groups -OCH3 is 1. The molecule has 150 valence electrons. The average Bonchev–Trinajstić information content (AvgIpc) is 2.74. The number of hydroxylamine groups is 1. The zero-order chi connectivity index (χ0) is 20.4. The number of ether oxygens (including phenoxy) is 1. The number of hydrogen-bond acceptors (Lipinski definition) is 5. The fraction of sp³-hybridized carbons (Fsp3) is 0.182. The van der Waals surface area contributed by atoms with E-state index < -0.39 is 17.9 Å². The molecule has 0 radical (unpaired) electrons. The van der Waals surface area contributed by atoms with E-state index in [2.05, 4.69) is 29.0 Å². The van der Waals surface area contributed by atoms with Gasteiger partial charge in [-0.3, -0.25) is 14.8 Å². The SMILES string of the molecule is C.COc1cccc(C#CC#Cc2ccc(C(=O)N[C@@H](CN)C(=O)NO)cc2)c1. The summed E-state index contributed by atoms with van der Waals surface area (Å²) in [5.74, 6) is 10.8. The smallest absolute Gasteiger partial charge is 0.267 e. The summed E-state index contributed by atoms with van der Waals surface area (Å²) in [5.41, 5.74) is 8.66. The van der Waals surface area contributed by atoms with Gasteiger partial charge < -0.3 is 15.8 Å². The van der Waals surface area contributed by atoms with Gasteiger partial charge in [0.15, 0.2) is 0 Å². The minimum absolute atomic E-state index is 0. The van der Waals surface area contributed by atoms with Gasteiger partial charge in [0.25, 0.3) is 11.8 Å². The molecule has 0 bridgehead atoms. The Labute approximate surface area is 170 Å². The predicted molar refractivity (Wildman–Crippen MR) is 110 cm³/mol. The Bertz CT molecular complexity index is 963. The van der Waals surface area contributed by atoms with E-state index in [1.807, 2.05) is 24.3 Å². The first-order chi connectivity index (χ1) is 13.6. The van der Waals surface area contributed by atoms with Crippen molar-refractivity contribution in [3.8, 4) is 29.4 Å². The van der Waals surface area contributed by atoms with Crippen LogP contribution < -0.4 is 21.3 Å². The van der Waals surface area contributed by atoms with Crippen LogP contribution in [0, 0.1) is 23.7 Å². The summed E-state index contributed by atoms with van der Waals surface area (Å²) in [7, 11) is 1.59. The van der Waals surface area contributed by atoms with E-state index in [1.54, 1.807) is 31.4 Å². The van der Waals surface area contributed by atoms with Gasteiger partial charge in [0.2, 0.25) is 0 Å². The Balaban J connectivity index is 0.00000420. The van der Waals surface area contributed by atoms with Gasteiger partial charge in [0.05, 0.1) is 7.11 Å². The number of amides is 2. The van der Waals surface area contributed by atoms with E-state index in [4.69, 9.17) is 15.7 Å². The molecule has 2 rings (SSSR count). The van der Waals surface area contributed by atoms with Crippen molar-refractivity contribution in [3.63, 3.8) is 0 Å². The largest absolute Gasteiger partial charge is 0.497 e. The van der Waals surface area contributed by atoms with Gasteiger partial charge in [-0.05, 0) is 54.3 Å². The highest BCUT2D eigenvalue weighted by Gasteiger charge is 2.19. The lowest BCUT2D eigenvalue weighted by atomic mass is 10.1. The Morgan fingerprint density at radius 1 is 1.10 bits per heavy atom. The summed E-state index contributed by atoms with van der Waals surface area (Å²) < 4.78 is 5.13. The number of carbonyl (C=O) groups is 2. The van der Waals surface area contributed by atoms with Gasteiger partial charge in [-0.1, -0.05) is 25.3 Å². The van der Waals surface area contributed by atoms with Crippen LogP contribution in [0.3, 0.4) is 0 Å². The molecule has 2 aromatic rings. The van der Waals surface area contributed by atoms with Crippen LogP contribution in [0.5, 0.6) is 5.75 Å². The molecule has 29 heavy (non-hydrogen) atoms. The van der Waals surface area contributed by atoms with E-state index in [0.717, 1.165) is 11.3 Å². The molecule has 7 heteroatoms. The second-order valence-electron chi connectivity index (χ2n) is 5.55. The van der Waals surface area contributed by atoms with Gasteiger partial charge in [-0.25, -0.2) is 5.48 Å². The average molecular weight is 393 g/mol. The van der Waals surface area contributed by atoms with Crippen molar-refractivity contribution in [1.29, 1.82) is 0 Å². The summed E-state index contributed by atoms with van der Waals surface area (Å²) in [6.45, 7) is -0.145. The molecule has 7 nitrogen and oxygen atoms in total. The number of carbonyl (C=O) groups excluding carboxylic acids is 2. The third-order valence-corrected chi connectivity index (χ3v) is 3.66. The van der Waals surface area contributed by atoms with Crippen molar-refractivity contribution in [2.24, 2.45) is 5.73 Å². The molecule has 0 aliphatic carbocycles. The summed E-state index contributed by atoms with van der Waals surface area (Å²) >= 11 is 0. The van der Waals surface area contributed by atoms with Crippen LogP contribution in [0.1, 0.15) is 28.9 Å². The van der Waals surface area contributed by atoms with E-state index >= 15 is 0 Å². The van der Waals surface area contributed by atoms with E-state index in [9.17, 15) is 9.59 Å². The number of benzene rings is 2. The van der Waals surface area contributed by atoms with Crippen molar-refractivity contribution in [2.75, 3.05) is 13.7 Å². The van der Waals surface area contributed by atoms with Gasteiger partial charge in [0, 0.05) is 23.2 Å². The van der Waals surface area contributed by atoms with Crippen LogP contribution in [0.4, 0.5) is 0 Å². The van der Waals surface area contributed by atoms with Gasteiger partial charge in [-0.15, -0.1) is 0 Å². The maximum absolute atomic E-state index is 12.1. The maximum Gasteiger partial charge on any atom is 0.267 e. The lowest BCUT2D eigenvalue weighted by Gasteiger charge is -2.14. The molecular weight excluding hydrogens is 370 g/mol. The molecule has 2 aromatic carbocycles. The highest BCUT2D eigenvalue weighted by atomic mass is 16.5. The molecule has 0 saturated heterocycles. The molecule has 0 spiro atoms. The molecule has 0 aliphatic rings. The van der Waals surface area contributed by atoms with Gasteiger partial charge in [-0.2, -0.15) is 0 Å². The highest BCUT2D eigenvalue weighted by molar-refractivity contribution is 5.97. The van der Waals surface area contributed by atoms with Crippen molar-refractivity contribution >= 4 is 11.8 Å². The molecule has 0 fully saturated rings. The molecular formula is C22H23N3O4. The van der Waals surface area contributed by atoms with Crippen molar-refractivity contribution in [1.82, 2.24) is 10.8 Å². The topological polar surface area (TPSA) is 114 Å². The first kappa shape index (κ1) is 23.3. The number of nitrogens with one attached hydrogen (secondary N) is 2. The maximum atomic E-state index is 12.1. The fourth-order valence-electron chi connectivity index (χ4n) is 2.16. The predicted octanol–water partition coefficient (Wildman–Crippen LogP) is 1.30. The summed E-state index contributed by atoms with van der Waals surface area (Å²) in [6.07, 6.45) is 0. The third kappa shape index (κ3) is 7.04. The lowest BCUT2D eigenvalue weighted by Crippen LogP contribution is -2.50. The van der Waals surface area contributed by atoms with Gasteiger partial charge in [0.1, 0.15) is 11.8 Å². The third-order valence-electron chi connectivity index (χ3n) is 3.66. The normalized spacial score (nSPS) is 10.0. The Morgan fingerprint density at radius 3 is 2.34 bits per heavy atom. The number of hydrogen-bond donors (Lipinski definition) is 4. The summed E-state index contributed by atoms with van der Waals surface area (Å²) in [5, 5.41) is 11.0. The standard InChI is InChI=1S/C21H19N3O4.CH4/c1-28-18-8-4-7-16(13-18)6-3-2-5-15-9-11-17(12-10-15)20(25)23-19(14-22)21(26)24-27;/h4,7-13,19,27H,14,22H2,1H3,(H,23,25)(H,24,26);1H4/t19-;/m0./s1. The van der Waals surface area contributed by atoms with Crippen molar-refractivity contribution in [2.45, 2.75) is 13.5 Å². The molecule has 1 atom stereocenters. The molecule has 0 aliphatic heterocycles. The highest BCUT2D eigenvalue weighted by Crippen LogP contribution is 2.11. The minimum Gasteiger partial charge on any atom is -0.497 e. The van der Waals surface area contributed by atoms with Crippen LogP contribution in [0.15, 0.2) is 48.5 Å².